The summed E-state index contributed by atoms with van der Waals surface area (Å²) >= 11 is 0. The van der Waals surface area contributed by atoms with Gasteiger partial charge in [0.05, 0.1) is 12.1 Å². The van der Waals surface area contributed by atoms with Gasteiger partial charge in [0.2, 0.25) is 0 Å². The van der Waals surface area contributed by atoms with E-state index >= 15 is 0 Å². The van der Waals surface area contributed by atoms with Gasteiger partial charge >= 0.3 is 5.97 Å². The van der Waals surface area contributed by atoms with Crippen LogP contribution >= 0.6 is 0 Å². The number of carbonyl (C=O) groups is 1. The van der Waals surface area contributed by atoms with Gasteiger partial charge in [0.25, 0.3) is 0 Å². The van der Waals surface area contributed by atoms with Crippen LogP contribution in [0.5, 0.6) is 0 Å². The summed E-state index contributed by atoms with van der Waals surface area (Å²) in [7, 11) is 0. The molecule has 0 aromatic rings. The lowest BCUT2D eigenvalue weighted by molar-refractivity contribution is -0.196. The molecule has 0 aromatic carbocycles. The summed E-state index contributed by atoms with van der Waals surface area (Å²) in [5.74, 6) is -0.222. The molecule has 0 N–H and O–H groups in total. The Morgan fingerprint density at radius 2 is 2.21 bits per heavy atom. The predicted octanol–water partition coefficient (Wildman–Crippen LogP) is 1.78. The number of hydrogen-bond donors (Lipinski definition) is 0. The van der Waals surface area contributed by atoms with Gasteiger partial charge in [0.15, 0.2) is 0 Å². The topological polar surface area (TPSA) is 29.5 Å². The van der Waals surface area contributed by atoms with Gasteiger partial charge < -0.3 is 4.84 Å². The molecule has 4 heteroatoms. The number of alkyl halides is 1. The Bertz CT molecular complexity index is 213. The van der Waals surface area contributed by atoms with E-state index in [-0.39, 0.29) is 18.6 Å². The third-order valence-electron chi connectivity index (χ3n) is 2.29. The van der Waals surface area contributed by atoms with Gasteiger partial charge in [-0.1, -0.05) is 0 Å². The summed E-state index contributed by atoms with van der Waals surface area (Å²) in [5.41, 5.74) is -0.492. The van der Waals surface area contributed by atoms with Crippen molar-refractivity contribution in [3.8, 4) is 0 Å². The number of rotatable bonds is 2. The molecule has 3 nitrogen and oxygen atoms in total. The lowest BCUT2D eigenvalue weighted by atomic mass is 9.98. The van der Waals surface area contributed by atoms with Crippen LogP contribution in [-0.2, 0) is 9.63 Å². The quantitative estimate of drug-likeness (QED) is 0.685. The summed E-state index contributed by atoms with van der Waals surface area (Å²) in [6.45, 7) is 6.26. The molecule has 1 atom stereocenters. The van der Waals surface area contributed by atoms with Crippen molar-refractivity contribution in [2.75, 3.05) is 19.8 Å². The van der Waals surface area contributed by atoms with E-state index in [1.54, 1.807) is 25.8 Å². The lowest BCUT2D eigenvalue weighted by Crippen LogP contribution is -2.32. The molecule has 0 spiro atoms. The van der Waals surface area contributed by atoms with Crippen LogP contribution in [0, 0.1) is 11.3 Å². The van der Waals surface area contributed by atoms with E-state index in [9.17, 15) is 9.18 Å². The molecule has 0 radical (unpaired) electrons. The highest BCUT2D eigenvalue weighted by molar-refractivity contribution is 5.75. The smallest absolute Gasteiger partial charge is 0.330 e. The Balaban J connectivity index is 2.36. The van der Waals surface area contributed by atoms with Crippen molar-refractivity contribution in [1.29, 1.82) is 0 Å². The third kappa shape index (κ3) is 2.94. The highest BCUT2D eigenvalue weighted by Crippen LogP contribution is 2.21. The Hall–Kier alpha value is -0.640. The summed E-state index contributed by atoms with van der Waals surface area (Å²) in [6.07, 6.45) is 0.772. The minimum Gasteiger partial charge on any atom is -0.367 e. The first kappa shape index (κ1) is 11.4. The van der Waals surface area contributed by atoms with Crippen LogP contribution < -0.4 is 0 Å². The molecule has 1 saturated heterocycles. The molecular formula is C10H18FNO2. The van der Waals surface area contributed by atoms with Gasteiger partial charge in [-0.25, -0.2) is 4.79 Å². The molecule has 0 aliphatic carbocycles. The highest BCUT2D eigenvalue weighted by Gasteiger charge is 2.30. The van der Waals surface area contributed by atoms with Crippen molar-refractivity contribution in [2.24, 2.45) is 11.3 Å². The number of nitrogens with zero attached hydrogens (tertiary/aromatic N) is 1. The van der Waals surface area contributed by atoms with Crippen LogP contribution in [0.2, 0.25) is 0 Å². The van der Waals surface area contributed by atoms with Crippen molar-refractivity contribution in [1.82, 2.24) is 5.06 Å². The summed E-state index contributed by atoms with van der Waals surface area (Å²) in [5, 5.41) is 1.57. The molecular weight excluding hydrogens is 185 g/mol. The monoisotopic (exact) mass is 203 g/mol. The second-order valence-electron chi connectivity index (χ2n) is 4.83. The minimum absolute atomic E-state index is 0.0303. The van der Waals surface area contributed by atoms with E-state index in [1.165, 1.54) is 0 Å². The molecule has 0 aromatic heterocycles. The maximum absolute atomic E-state index is 12.3. The van der Waals surface area contributed by atoms with Crippen LogP contribution in [-0.4, -0.2) is 30.8 Å². The van der Waals surface area contributed by atoms with Crippen LogP contribution in [0.4, 0.5) is 4.39 Å². The summed E-state index contributed by atoms with van der Waals surface area (Å²) in [4.78, 5) is 16.6. The molecule has 1 aliphatic rings. The van der Waals surface area contributed by atoms with Crippen molar-refractivity contribution in [3.05, 3.63) is 0 Å². The fourth-order valence-corrected chi connectivity index (χ4v) is 1.26. The van der Waals surface area contributed by atoms with E-state index in [4.69, 9.17) is 4.84 Å². The number of hydroxylamine groups is 2. The first-order valence-corrected chi connectivity index (χ1v) is 4.97. The number of halogens is 1. The Morgan fingerprint density at radius 1 is 1.57 bits per heavy atom. The predicted molar refractivity (Wildman–Crippen MR) is 51.2 cm³/mol. The van der Waals surface area contributed by atoms with E-state index < -0.39 is 5.41 Å². The Morgan fingerprint density at radius 3 is 2.64 bits per heavy atom. The lowest BCUT2D eigenvalue weighted by Gasteiger charge is -2.21. The molecule has 1 fully saturated rings. The van der Waals surface area contributed by atoms with Crippen LogP contribution in [0.15, 0.2) is 0 Å². The van der Waals surface area contributed by atoms with Crippen molar-refractivity contribution in [3.63, 3.8) is 0 Å². The summed E-state index contributed by atoms with van der Waals surface area (Å²) < 4.78 is 12.3. The van der Waals surface area contributed by atoms with E-state index in [0.717, 1.165) is 6.42 Å². The zero-order valence-corrected chi connectivity index (χ0v) is 9.05. The SMILES string of the molecule is CC(C)(C)C(=O)ON1CC[C@@H](CF)C1. The average Bonchev–Trinajstić information content (AvgIpc) is 2.50. The molecule has 0 unspecified atom stereocenters. The van der Waals surface area contributed by atoms with E-state index in [2.05, 4.69) is 0 Å². The molecule has 1 heterocycles. The standard InChI is InChI=1S/C10H18FNO2/c1-10(2,3)9(13)14-12-5-4-8(6-11)7-12/h8H,4-7H2,1-3H3/t8-/m0/s1. The van der Waals surface area contributed by atoms with Crippen molar-refractivity contribution >= 4 is 5.97 Å². The summed E-state index contributed by atoms with van der Waals surface area (Å²) in [6, 6.07) is 0. The Labute approximate surface area is 84.2 Å². The number of carbonyl (C=O) groups excluding carboxylic acids is 1. The van der Waals surface area contributed by atoms with Crippen molar-refractivity contribution < 1.29 is 14.0 Å². The molecule has 82 valence electrons. The molecule has 14 heavy (non-hydrogen) atoms. The average molecular weight is 203 g/mol. The minimum atomic E-state index is -0.492. The zero-order valence-electron chi connectivity index (χ0n) is 9.05. The second-order valence-corrected chi connectivity index (χ2v) is 4.83. The number of hydrogen-bond acceptors (Lipinski definition) is 3. The van der Waals surface area contributed by atoms with E-state index in [1.807, 2.05) is 0 Å². The first-order chi connectivity index (χ1) is 6.43. The molecule has 0 saturated carbocycles. The first-order valence-electron chi connectivity index (χ1n) is 4.97. The van der Waals surface area contributed by atoms with Crippen molar-refractivity contribution in [2.45, 2.75) is 27.2 Å². The van der Waals surface area contributed by atoms with Gasteiger partial charge in [-0.3, -0.25) is 4.39 Å². The third-order valence-corrected chi connectivity index (χ3v) is 2.29. The van der Waals surface area contributed by atoms with Gasteiger partial charge in [0.1, 0.15) is 0 Å². The zero-order chi connectivity index (χ0) is 10.8. The van der Waals surface area contributed by atoms with Gasteiger partial charge in [-0.2, -0.15) is 0 Å². The fraction of sp³-hybridized carbons (Fsp3) is 0.900. The molecule has 0 bridgehead atoms. The largest absolute Gasteiger partial charge is 0.367 e. The van der Waals surface area contributed by atoms with Gasteiger partial charge in [-0.05, 0) is 27.2 Å². The van der Waals surface area contributed by atoms with Crippen LogP contribution in [0.1, 0.15) is 27.2 Å². The fourth-order valence-electron chi connectivity index (χ4n) is 1.26. The molecule has 1 aliphatic heterocycles. The van der Waals surface area contributed by atoms with Gasteiger partial charge in [0, 0.05) is 19.0 Å². The normalized spacial score (nSPS) is 23.9. The van der Waals surface area contributed by atoms with Gasteiger partial charge in [-0.15, -0.1) is 5.06 Å². The van der Waals surface area contributed by atoms with E-state index in [0.29, 0.717) is 13.1 Å². The van der Waals surface area contributed by atoms with Crippen LogP contribution in [0.25, 0.3) is 0 Å². The Kier molecular flexibility index (Phi) is 3.48. The molecule has 0 amide bonds. The highest BCUT2D eigenvalue weighted by atomic mass is 19.1. The second kappa shape index (κ2) is 4.26. The molecule has 1 rings (SSSR count). The van der Waals surface area contributed by atoms with Crippen LogP contribution in [0.3, 0.4) is 0 Å². The maximum atomic E-state index is 12.3. The maximum Gasteiger partial charge on any atom is 0.330 e.